The predicted molar refractivity (Wildman–Crippen MR) is 80.8 cm³/mol. The van der Waals surface area contributed by atoms with Crippen molar-refractivity contribution in [2.75, 3.05) is 6.26 Å². The number of carboxylic acids is 1. The fraction of sp³-hybridized carbons (Fsp3) is 0.154. The van der Waals surface area contributed by atoms with Crippen LogP contribution in [0.1, 0.15) is 11.4 Å². The first kappa shape index (κ1) is 14.7. The molecule has 20 heavy (non-hydrogen) atoms. The molecule has 0 atom stereocenters. The Morgan fingerprint density at radius 3 is 2.55 bits per heavy atom. The Labute approximate surface area is 124 Å². The lowest BCUT2D eigenvalue weighted by Crippen LogP contribution is -1.97. The summed E-state index contributed by atoms with van der Waals surface area (Å²) in [7, 11) is 0. The zero-order chi connectivity index (χ0) is 14.5. The number of aliphatic carboxylic acids is 1. The highest BCUT2D eigenvalue weighted by Gasteiger charge is 2.12. The molecule has 0 radical (unpaired) electrons. The number of aromatic nitrogens is 3. The van der Waals surface area contributed by atoms with Crippen molar-refractivity contribution in [2.24, 2.45) is 0 Å². The van der Waals surface area contributed by atoms with Gasteiger partial charge in [0.25, 0.3) is 0 Å². The van der Waals surface area contributed by atoms with E-state index < -0.39 is 5.97 Å². The van der Waals surface area contributed by atoms with Crippen molar-refractivity contribution in [3.63, 3.8) is 0 Å². The number of rotatable bonds is 5. The average Bonchev–Trinajstić information content (AvgIpc) is 2.84. The van der Waals surface area contributed by atoms with Crippen LogP contribution in [-0.2, 0) is 4.79 Å². The fourth-order valence-electron chi connectivity index (χ4n) is 1.45. The third-order valence-corrected chi connectivity index (χ3v) is 4.02. The van der Waals surface area contributed by atoms with Crippen LogP contribution in [0.5, 0.6) is 0 Å². The lowest BCUT2D eigenvalue weighted by atomic mass is 10.2. The fourth-order valence-corrected chi connectivity index (χ4v) is 2.61. The predicted octanol–water partition coefficient (Wildman–Crippen LogP) is 3.05. The standard InChI is InChI=1S/C13H13N3O2S2/c1-8-14-13(16-15-8)20-11(12(17)18)7-9-3-5-10(19-2)6-4-9/h3-7H,1-2H3,(H,17,18)(H,14,15,16). The number of nitrogens with one attached hydrogen (secondary N) is 1. The molecule has 0 fully saturated rings. The average molecular weight is 307 g/mol. The first-order valence-corrected chi connectivity index (χ1v) is 7.78. The highest BCUT2D eigenvalue weighted by molar-refractivity contribution is 8.04. The molecule has 0 aliphatic rings. The molecule has 1 aromatic heterocycles. The smallest absolute Gasteiger partial charge is 0.342 e. The molecule has 2 rings (SSSR count). The summed E-state index contributed by atoms with van der Waals surface area (Å²) in [6, 6.07) is 7.69. The normalized spacial score (nSPS) is 11.6. The van der Waals surface area contributed by atoms with Crippen molar-refractivity contribution < 1.29 is 9.90 Å². The van der Waals surface area contributed by atoms with Crippen LogP contribution in [0.3, 0.4) is 0 Å². The number of aromatic amines is 1. The lowest BCUT2D eigenvalue weighted by Gasteiger charge is -2.00. The van der Waals surface area contributed by atoms with E-state index in [1.54, 1.807) is 24.8 Å². The van der Waals surface area contributed by atoms with Crippen LogP contribution in [0, 0.1) is 6.92 Å². The number of hydrogen-bond acceptors (Lipinski definition) is 5. The Hall–Kier alpha value is -1.73. The maximum atomic E-state index is 11.3. The van der Waals surface area contributed by atoms with Crippen molar-refractivity contribution in [2.45, 2.75) is 17.0 Å². The number of nitrogens with zero attached hydrogens (tertiary/aromatic N) is 2. The number of hydrogen-bond donors (Lipinski definition) is 2. The van der Waals surface area contributed by atoms with E-state index in [4.69, 9.17) is 0 Å². The first-order chi connectivity index (χ1) is 9.58. The van der Waals surface area contributed by atoms with E-state index >= 15 is 0 Å². The number of thioether (sulfide) groups is 2. The molecule has 1 heterocycles. The van der Waals surface area contributed by atoms with E-state index in [9.17, 15) is 9.90 Å². The van der Waals surface area contributed by atoms with Gasteiger partial charge in [-0.15, -0.1) is 16.9 Å². The molecular weight excluding hydrogens is 294 g/mol. The molecule has 0 unspecified atom stereocenters. The minimum absolute atomic E-state index is 0.181. The zero-order valence-electron chi connectivity index (χ0n) is 11.0. The van der Waals surface area contributed by atoms with Crippen molar-refractivity contribution in [1.82, 2.24) is 15.2 Å². The molecule has 7 heteroatoms. The van der Waals surface area contributed by atoms with Crippen molar-refractivity contribution >= 4 is 35.6 Å². The molecule has 0 spiro atoms. The van der Waals surface area contributed by atoms with Gasteiger partial charge in [-0.25, -0.2) is 9.78 Å². The molecule has 1 aromatic carbocycles. The zero-order valence-corrected chi connectivity index (χ0v) is 12.6. The molecule has 0 amide bonds. The van der Waals surface area contributed by atoms with Crippen LogP contribution in [0.15, 0.2) is 39.2 Å². The monoisotopic (exact) mass is 307 g/mol. The number of carboxylic acid groups (broad SMARTS) is 1. The van der Waals surface area contributed by atoms with Gasteiger partial charge in [-0.2, -0.15) is 0 Å². The molecule has 0 saturated heterocycles. The van der Waals surface area contributed by atoms with Crippen LogP contribution in [0.4, 0.5) is 0 Å². The van der Waals surface area contributed by atoms with E-state index in [0.29, 0.717) is 11.0 Å². The molecular formula is C13H13N3O2S2. The van der Waals surface area contributed by atoms with Gasteiger partial charge in [0.15, 0.2) is 0 Å². The van der Waals surface area contributed by atoms with Gasteiger partial charge in [-0.05, 0) is 48.7 Å². The van der Waals surface area contributed by atoms with Gasteiger partial charge in [0.05, 0.1) is 0 Å². The summed E-state index contributed by atoms with van der Waals surface area (Å²) in [5.74, 6) is -0.340. The molecule has 0 saturated carbocycles. The van der Waals surface area contributed by atoms with Crippen molar-refractivity contribution in [3.8, 4) is 0 Å². The molecule has 2 aromatic rings. The number of carbonyl (C=O) groups is 1. The summed E-state index contributed by atoms with van der Waals surface area (Å²) >= 11 is 2.67. The maximum absolute atomic E-state index is 11.3. The summed E-state index contributed by atoms with van der Waals surface area (Å²) in [4.78, 5) is 16.7. The molecule has 104 valence electrons. The third-order valence-electron chi connectivity index (χ3n) is 2.40. The van der Waals surface area contributed by atoms with E-state index in [-0.39, 0.29) is 4.91 Å². The number of H-pyrrole nitrogens is 1. The second-order valence-electron chi connectivity index (χ2n) is 3.89. The van der Waals surface area contributed by atoms with Gasteiger partial charge in [0, 0.05) is 4.90 Å². The summed E-state index contributed by atoms with van der Waals surface area (Å²) in [6.07, 6.45) is 3.61. The van der Waals surface area contributed by atoms with Crippen LogP contribution in [0.25, 0.3) is 6.08 Å². The highest BCUT2D eigenvalue weighted by atomic mass is 32.2. The van der Waals surface area contributed by atoms with Gasteiger partial charge >= 0.3 is 5.97 Å². The highest BCUT2D eigenvalue weighted by Crippen LogP contribution is 2.26. The van der Waals surface area contributed by atoms with E-state index in [1.807, 2.05) is 30.5 Å². The SMILES string of the molecule is CSc1ccc(C=C(Sc2n[nH]c(C)n2)C(=O)O)cc1. The molecule has 0 aliphatic carbocycles. The Morgan fingerprint density at radius 2 is 2.05 bits per heavy atom. The Morgan fingerprint density at radius 1 is 1.35 bits per heavy atom. The van der Waals surface area contributed by atoms with Gasteiger partial charge < -0.3 is 5.11 Å². The van der Waals surface area contributed by atoms with Crippen LogP contribution in [-0.4, -0.2) is 32.5 Å². The largest absolute Gasteiger partial charge is 0.477 e. The minimum Gasteiger partial charge on any atom is -0.477 e. The Bertz CT molecular complexity index is 635. The third kappa shape index (κ3) is 3.88. The Balaban J connectivity index is 2.22. The van der Waals surface area contributed by atoms with Gasteiger partial charge in [-0.3, -0.25) is 5.10 Å². The van der Waals surface area contributed by atoms with E-state index in [1.165, 1.54) is 0 Å². The Kier molecular flexibility index (Phi) is 4.86. The minimum atomic E-state index is -0.994. The number of benzene rings is 1. The topological polar surface area (TPSA) is 78.9 Å². The van der Waals surface area contributed by atoms with Crippen LogP contribution in [0.2, 0.25) is 0 Å². The van der Waals surface area contributed by atoms with Crippen molar-refractivity contribution in [3.05, 3.63) is 40.6 Å². The van der Waals surface area contributed by atoms with Gasteiger partial charge in [-0.1, -0.05) is 12.1 Å². The quantitative estimate of drug-likeness (QED) is 0.653. The molecule has 0 bridgehead atoms. The number of aryl methyl sites for hydroxylation is 1. The first-order valence-electron chi connectivity index (χ1n) is 5.74. The molecule has 5 nitrogen and oxygen atoms in total. The van der Waals surface area contributed by atoms with Crippen LogP contribution >= 0.6 is 23.5 Å². The molecule has 2 N–H and O–H groups in total. The summed E-state index contributed by atoms with van der Waals surface area (Å²) in [5.41, 5.74) is 0.833. The van der Waals surface area contributed by atoms with Crippen LogP contribution < -0.4 is 0 Å². The summed E-state index contributed by atoms with van der Waals surface area (Å²) in [5, 5.41) is 16.3. The van der Waals surface area contributed by atoms with Gasteiger partial charge in [0.2, 0.25) is 5.16 Å². The molecule has 0 aliphatic heterocycles. The van der Waals surface area contributed by atoms with Gasteiger partial charge in [0.1, 0.15) is 10.7 Å². The van der Waals surface area contributed by atoms with E-state index in [0.717, 1.165) is 22.2 Å². The second-order valence-corrected chi connectivity index (χ2v) is 5.78. The second kappa shape index (κ2) is 6.62. The summed E-state index contributed by atoms with van der Waals surface area (Å²) < 4.78 is 0. The lowest BCUT2D eigenvalue weighted by molar-refractivity contribution is -0.131. The maximum Gasteiger partial charge on any atom is 0.342 e. The van der Waals surface area contributed by atoms with Crippen molar-refractivity contribution in [1.29, 1.82) is 0 Å². The van der Waals surface area contributed by atoms with E-state index in [2.05, 4.69) is 15.2 Å². The summed E-state index contributed by atoms with van der Waals surface area (Å²) in [6.45, 7) is 1.77.